The van der Waals surface area contributed by atoms with E-state index in [9.17, 15) is 4.79 Å². The van der Waals surface area contributed by atoms with Gasteiger partial charge in [0.15, 0.2) is 18.2 Å². The van der Waals surface area contributed by atoms with Crippen molar-refractivity contribution in [3.05, 3.63) is 24.3 Å². The summed E-state index contributed by atoms with van der Waals surface area (Å²) in [6.07, 6.45) is 5.93. The summed E-state index contributed by atoms with van der Waals surface area (Å²) in [5.41, 5.74) is 0. The Bertz CT molecular complexity index is 254. The van der Waals surface area contributed by atoms with E-state index in [1.54, 1.807) is 6.08 Å². The number of carbonyl (C=O) groups excluding carboxylic acids is 1. The number of ketones is 1. The minimum Gasteiger partial charge on any atom is -0.338 e. The molecule has 0 aromatic carbocycles. The van der Waals surface area contributed by atoms with Crippen molar-refractivity contribution in [2.75, 3.05) is 0 Å². The van der Waals surface area contributed by atoms with E-state index in [0.29, 0.717) is 0 Å². The zero-order valence-corrected chi connectivity index (χ0v) is 6.77. The van der Waals surface area contributed by atoms with Crippen LogP contribution in [0.4, 0.5) is 0 Å². The van der Waals surface area contributed by atoms with Gasteiger partial charge in [0.25, 0.3) is 0 Å². The maximum atomic E-state index is 11.2. The Morgan fingerprint density at radius 1 is 1.50 bits per heavy atom. The zero-order valence-electron chi connectivity index (χ0n) is 6.77. The summed E-state index contributed by atoms with van der Waals surface area (Å²) < 4.78 is 10.6. The van der Waals surface area contributed by atoms with E-state index in [1.165, 1.54) is 6.08 Å². The molecule has 3 atom stereocenters. The standard InChI is InChI=1S/C9H10O3/c1-2-3-7-9-6(10)4-5-8(11-7)12-9/h2-5,7-9H,1H3/b3-2+/t7-,8+,9-/m1/s1. The quantitative estimate of drug-likeness (QED) is 0.541. The van der Waals surface area contributed by atoms with Gasteiger partial charge < -0.3 is 9.47 Å². The molecule has 0 amide bonds. The Morgan fingerprint density at radius 3 is 3.08 bits per heavy atom. The molecule has 0 N–H and O–H groups in total. The SMILES string of the molecule is C/C=C/[C@H]1O[C@@H]2C=CC(=O)[C@H]1O2. The molecule has 0 saturated carbocycles. The monoisotopic (exact) mass is 166 g/mol. The fraction of sp³-hybridized carbons (Fsp3) is 0.444. The van der Waals surface area contributed by atoms with Crippen LogP contribution in [0, 0.1) is 0 Å². The molecule has 3 nitrogen and oxygen atoms in total. The smallest absolute Gasteiger partial charge is 0.187 e. The van der Waals surface area contributed by atoms with E-state index in [1.807, 2.05) is 19.1 Å². The van der Waals surface area contributed by atoms with Gasteiger partial charge >= 0.3 is 0 Å². The van der Waals surface area contributed by atoms with Gasteiger partial charge in [0, 0.05) is 0 Å². The minimum atomic E-state index is -0.420. The molecule has 64 valence electrons. The molecule has 3 heteroatoms. The van der Waals surface area contributed by atoms with E-state index in [2.05, 4.69) is 0 Å². The highest BCUT2D eigenvalue weighted by Gasteiger charge is 2.39. The van der Waals surface area contributed by atoms with Crippen molar-refractivity contribution in [2.24, 2.45) is 0 Å². The molecule has 0 spiro atoms. The number of fused-ring (bicyclic) bond motifs is 2. The van der Waals surface area contributed by atoms with Crippen LogP contribution in [0.5, 0.6) is 0 Å². The number of carbonyl (C=O) groups is 1. The van der Waals surface area contributed by atoms with Crippen LogP contribution in [0.25, 0.3) is 0 Å². The Labute approximate surface area is 70.7 Å². The van der Waals surface area contributed by atoms with Crippen LogP contribution >= 0.6 is 0 Å². The predicted octanol–water partition coefficient (Wildman–Crippen LogP) is 0.811. The van der Waals surface area contributed by atoms with Gasteiger partial charge in [0.05, 0.1) is 0 Å². The van der Waals surface area contributed by atoms with Crippen LogP contribution in [-0.2, 0) is 14.3 Å². The van der Waals surface area contributed by atoms with Gasteiger partial charge in [0.1, 0.15) is 6.10 Å². The maximum absolute atomic E-state index is 11.2. The highest BCUT2D eigenvalue weighted by atomic mass is 16.7. The van der Waals surface area contributed by atoms with Gasteiger partial charge in [-0.25, -0.2) is 0 Å². The van der Waals surface area contributed by atoms with Crippen molar-refractivity contribution in [2.45, 2.75) is 25.4 Å². The molecule has 0 aromatic rings. The Kier molecular flexibility index (Phi) is 1.83. The summed E-state index contributed by atoms with van der Waals surface area (Å²) in [6, 6.07) is 0. The molecule has 2 bridgehead atoms. The van der Waals surface area contributed by atoms with Crippen molar-refractivity contribution in [3.63, 3.8) is 0 Å². The molecule has 2 rings (SSSR count). The number of allylic oxidation sites excluding steroid dienone is 1. The van der Waals surface area contributed by atoms with Gasteiger partial charge in [-0.2, -0.15) is 0 Å². The van der Waals surface area contributed by atoms with E-state index in [4.69, 9.17) is 9.47 Å². The number of ether oxygens (including phenoxy) is 2. The van der Waals surface area contributed by atoms with Crippen LogP contribution in [0.3, 0.4) is 0 Å². The van der Waals surface area contributed by atoms with Gasteiger partial charge in [0.2, 0.25) is 0 Å². The van der Waals surface area contributed by atoms with Gasteiger partial charge in [-0.05, 0) is 19.1 Å². The maximum Gasteiger partial charge on any atom is 0.187 e. The van der Waals surface area contributed by atoms with Crippen LogP contribution in [-0.4, -0.2) is 24.3 Å². The topological polar surface area (TPSA) is 35.5 Å². The summed E-state index contributed by atoms with van der Waals surface area (Å²) in [5.74, 6) is -0.00755. The first-order valence-electron chi connectivity index (χ1n) is 3.97. The molecule has 12 heavy (non-hydrogen) atoms. The lowest BCUT2D eigenvalue weighted by atomic mass is 10.1. The van der Waals surface area contributed by atoms with Crippen LogP contribution in [0.15, 0.2) is 24.3 Å². The average Bonchev–Trinajstić information content (AvgIpc) is 2.39. The average molecular weight is 166 g/mol. The third kappa shape index (κ3) is 1.11. The van der Waals surface area contributed by atoms with Gasteiger partial charge in [-0.1, -0.05) is 12.2 Å². The van der Waals surface area contributed by atoms with E-state index >= 15 is 0 Å². The van der Waals surface area contributed by atoms with Crippen LogP contribution < -0.4 is 0 Å². The number of hydrogen-bond acceptors (Lipinski definition) is 3. The highest BCUT2D eigenvalue weighted by Crippen LogP contribution is 2.25. The molecule has 1 saturated heterocycles. The van der Waals surface area contributed by atoms with Crippen molar-refractivity contribution in [1.82, 2.24) is 0 Å². The first-order valence-corrected chi connectivity index (χ1v) is 3.97. The first kappa shape index (κ1) is 7.71. The summed E-state index contributed by atoms with van der Waals surface area (Å²) in [4.78, 5) is 11.2. The molecule has 0 aliphatic carbocycles. The second-order valence-electron chi connectivity index (χ2n) is 2.81. The molecule has 0 radical (unpaired) electrons. The molecule has 2 aliphatic heterocycles. The largest absolute Gasteiger partial charge is 0.338 e. The summed E-state index contributed by atoms with van der Waals surface area (Å²) in [6.45, 7) is 1.89. The minimum absolute atomic E-state index is 0.00755. The van der Waals surface area contributed by atoms with E-state index in [0.717, 1.165) is 0 Å². The second-order valence-corrected chi connectivity index (χ2v) is 2.81. The Morgan fingerprint density at radius 2 is 2.33 bits per heavy atom. The van der Waals surface area contributed by atoms with Crippen LogP contribution in [0.2, 0.25) is 0 Å². The molecule has 0 unspecified atom stereocenters. The fourth-order valence-corrected chi connectivity index (χ4v) is 1.40. The molecular weight excluding hydrogens is 156 g/mol. The number of hydrogen-bond donors (Lipinski definition) is 0. The second kappa shape index (κ2) is 2.84. The fourth-order valence-electron chi connectivity index (χ4n) is 1.40. The first-order chi connectivity index (χ1) is 5.81. The highest BCUT2D eigenvalue weighted by molar-refractivity contribution is 5.95. The zero-order chi connectivity index (χ0) is 8.55. The van der Waals surface area contributed by atoms with E-state index in [-0.39, 0.29) is 18.2 Å². The van der Waals surface area contributed by atoms with Crippen molar-refractivity contribution < 1.29 is 14.3 Å². The normalized spacial score (nSPS) is 39.8. The van der Waals surface area contributed by atoms with Crippen LogP contribution in [0.1, 0.15) is 6.92 Å². The Hall–Kier alpha value is -0.930. The molecule has 1 fully saturated rings. The summed E-state index contributed by atoms with van der Waals surface area (Å²) in [7, 11) is 0. The molecule has 2 aliphatic rings. The van der Waals surface area contributed by atoms with Gasteiger partial charge in [-0.3, -0.25) is 4.79 Å². The Balaban J connectivity index is 2.20. The van der Waals surface area contributed by atoms with Crippen molar-refractivity contribution in [1.29, 1.82) is 0 Å². The van der Waals surface area contributed by atoms with Crippen molar-refractivity contribution >= 4 is 5.78 Å². The van der Waals surface area contributed by atoms with Gasteiger partial charge in [-0.15, -0.1) is 0 Å². The molecule has 0 aromatic heterocycles. The lowest BCUT2D eigenvalue weighted by molar-refractivity contribution is -0.126. The molecular formula is C9H10O3. The summed E-state index contributed by atoms with van der Waals surface area (Å²) in [5, 5.41) is 0. The lowest BCUT2D eigenvalue weighted by Crippen LogP contribution is -2.29. The third-order valence-electron chi connectivity index (χ3n) is 1.95. The number of rotatable bonds is 1. The third-order valence-corrected chi connectivity index (χ3v) is 1.95. The lowest BCUT2D eigenvalue weighted by Gasteiger charge is -2.11. The molecule has 2 heterocycles. The summed E-state index contributed by atoms with van der Waals surface area (Å²) >= 11 is 0. The van der Waals surface area contributed by atoms with Crippen molar-refractivity contribution in [3.8, 4) is 0 Å². The predicted molar refractivity (Wildman–Crippen MR) is 42.5 cm³/mol. The van der Waals surface area contributed by atoms with E-state index < -0.39 is 6.10 Å².